The Hall–Kier alpha value is -2.36. The summed E-state index contributed by atoms with van der Waals surface area (Å²) in [6.07, 6.45) is 3.56. The number of anilines is 1. The minimum Gasteiger partial charge on any atom is -0.381 e. The molecule has 0 aliphatic heterocycles. The van der Waals surface area contributed by atoms with Crippen molar-refractivity contribution in [2.75, 3.05) is 12.4 Å². The Balaban J connectivity index is 2.04. The Morgan fingerprint density at radius 1 is 1.28 bits per heavy atom. The van der Waals surface area contributed by atoms with Gasteiger partial charge in [-0.2, -0.15) is 0 Å². The Bertz CT molecular complexity index is 526. The molecule has 0 fully saturated rings. The van der Waals surface area contributed by atoms with Crippen molar-refractivity contribution in [1.82, 2.24) is 10.3 Å². The van der Waals surface area contributed by atoms with Crippen LogP contribution in [0.15, 0.2) is 48.8 Å². The average Bonchev–Trinajstić information content (AvgIpc) is 2.45. The molecule has 0 unspecified atom stereocenters. The quantitative estimate of drug-likeness (QED) is 0.861. The first-order valence-corrected chi connectivity index (χ1v) is 5.74. The third-order valence-corrected chi connectivity index (χ3v) is 2.57. The minimum absolute atomic E-state index is 0.0833. The highest BCUT2D eigenvalue weighted by molar-refractivity contribution is 5.94. The molecule has 0 bridgehead atoms. The van der Waals surface area contributed by atoms with E-state index in [0.29, 0.717) is 12.1 Å². The first-order valence-electron chi connectivity index (χ1n) is 5.74. The van der Waals surface area contributed by atoms with Gasteiger partial charge in [-0.3, -0.25) is 9.78 Å². The van der Waals surface area contributed by atoms with E-state index >= 15 is 0 Å². The van der Waals surface area contributed by atoms with Crippen LogP contribution in [0, 0.1) is 0 Å². The van der Waals surface area contributed by atoms with Gasteiger partial charge < -0.3 is 10.6 Å². The molecule has 0 radical (unpaired) electrons. The molecule has 1 aromatic heterocycles. The fourth-order valence-electron chi connectivity index (χ4n) is 1.62. The van der Waals surface area contributed by atoms with Gasteiger partial charge >= 0.3 is 0 Å². The minimum atomic E-state index is -0.0833. The van der Waals surface area contributed by atoms with Crippen molar-refractivity contribution in [2.45, 2.75) is 6.54 Å². The van der Waals surface area contributed by atoms with Crippen LogP contribution in [0.4, 0.5) is 5.69 Å². The number of hydrogen-bond donors (Lipinski definition) is 2. The molecule has 1 amide bonds. The number of rotatable bonds is 4. The summed E-state index contributed by atoms with van der Waals surface area (Å²) in [6.45, 7) is 0.686. The number of benzene rings is 1. The number of nitrogens with zero attached hydrogens (tertiary/aromatic N) is 1. The summed E-state index contributed by atoms with van der Waals surface area (Å²) >= 11 is 0. The van der Waals surface area contributed by atoms with Crippen LogP contribution >= 0.6 is 0 Å². The van der Waals surface area contributed by atoms with Gasteiger partial charge in [0.1, 0.15) is 0 Å². The molecule has 2 rings (SSSR count). The summed E-state index contributed by atoms with van der Waals surface area (Å²) in [6, 6.07) is 11.3. The van der Waals surface area contributed by atoms with Gasteiger partial charge in [-0.1, -0.05) is 12.1 Å². The van der Waals surface area contributed by atoms with Gasteiger partial charge in [0, 0.05) is 37.2 Å². The number of nitrogens with one attached hydrogen (secondary N) is 2. The molecule has 1 aromatic carbocycles. The van der Waals surface area contributed by atoms with E-state index < -0.39 is 0 Å². The van der Waals surface area contributed by atoms with Gasteiger partial charge in [-0.25, -0.2) is 0 Å². The van der Waals surface area contributed by atoms with Crippen molar-refractivity contribution in [3.05, 3.63) is 59.9 Å². The Kier molecular flexibility index (Phi) is 3.91. The first-order chi connectivity index (χ1) is 8.79. The monoisotopic (exact) mass is 241 g/mol. The number of carbonyl (C=O) groups excluding carboxylic acids is 1. The maximum Gasteiger partial charge on any atom is 0.251 e. The predicted octanol–water partition coefficient (Wildman–Crippen LogP) is 2.05. The fourth-order valence-corrected chi connectivity index (χ4v) is 1.62. The molecule has 0 saturated carbocycles. The van der Waals surface area contributed by atoms with Crippen molar-refractivity contribution in [1.29, 1.82) is 0 Å². The van der Waals surface area contributed by atoms with Gasteiger partial charge in [-0.15, -0.1) is 0 Å². The summed E-state index contributed by atoms with van der Waals surface area (Å²) in [7, 11) is 1.62. The standard InChI is InChI=1S/C14H15N3O/c1-15-14(18)12-5-2-6-13(8-12)17-10-11-4-3-7-16-9-11/h2-9,17H,10H2,1H3,(H,15,18). The lowest BCUT2D eigenvalue weighted by atomic mass is 10.2. The molecular weight excluding hydrogens is 226 g/mol. The van der Waals surface area contributed by atoms with Crippen molar-refractivity contribution in [3.63, 3.8) is 0 Å². The van der Waals surface area contributed by atoms with Crippen LogP contribution in [0.2, 0.25) is 0 Å². The van der Waals surface area contributed by atoms with E-state index in [-0.39, 0.29) is 5.91 Å². The molecular formula is C14H15N3O. The molecule has 2 N–H and O–H groups in total. The molecule has 4 heteroatoms. The molecule has 0 atom stereocenters. The van der Waals surface area contributed by atoms with E-state index in [1.165, 1.54) is 0 Å². The third kappa shape index (κ3) is 3.07. The second kappa shape index (κ2) is 5.82. The number of aromatic nitrogens is 1. The third-order valence-electron chi connectivity index (χ3n) is 2.57. The summed E-state index contributed by atoms with van der Waals surface area (Å²) in [5, 5.41) is 5.87. The van der Waals surface area contributed by atoms with Crippen LogP contribution in [0.3, 0.4) is 0 Å². The Morgan fingerprint density at radius 3 is 2.89 bits per heavy atom. The van der Waals surface area contributed by atoms with Crippen molar-refractivity contribution >= 4 is 11.6 Å². The second-order valence-corrected chi connectivity index (χ2v) is 3.87. The Morgan fingerprint density at radius 2 is 2.17 bits per heavy atom. The molecule has 4 nitrogen and oxygen atoms in total. The highest BCUT2D eigenvalue weighted by Gasteiger charge is 2.03. The van der Waals surface area contributed by atoms with Crippen LogP contribution in [0.1, 0.15) is 15.9 Å². The zero-order valence-electron chi connectivity index (χ0n) is 10.2. The topological polar surface area (TPSA) is 54.0 Å². The molecule has 0 spiro atoms. The normalized spacial score (nSPS) is 9.83. The lowest BCUT2D eigenvalue weighted by molar-refractivity contribution is 0.0963. The summed E-state index contributed by atoms with van der Waals surface area (Å²) in [4.78, 5) is 15.5. The summed E-state index contributed by atoms with van der Waals surface area (Å²) in [5.74, 6) is -0.0833. The number of hydrogen-bond acceptors (Lipinski definition) is 3. The van der Waals surface area contributed by atoms with Gasteiger partial charge in [0.15, 0.2) is 0 Å². The maximum absolute atomic E-state index is 11.5. The first kappa shape index (κ1) is 12.1. The lowest BCUT2D eigenvalue weighted by Crippen LogP contribution is -2.17. The second-order valence-electron chi connectivity index (χ2n) is 3.87. The molecule has 92 valence electrons. The zero-order valence-corrected chi connectivity index (χ0v) is 10.2. The van der Waals surface area contributed by atoms with Crippen LogP contribution in [0.25, 0.3) is 0 Å². The van der Waals surface area contributed by atoms with Crippen molar-refractivity contribution < 1.29 is 4.79 Å². The highest BCUT2D eigenvalue weighted by atomic mass is 16.1. The Labute approximate surface area is 106 Å². The number of amides is 1. The number of pyridine rings is 1. The molecule has 0 aliphatic carbocycles. The van der Waals surface area contributed by atoms with Crippen LogP contribution in [-0.2, 0) is 6.54 Å². The van der Waals surface area contributed by atoms with E-state index in [9.17, 15) is 4.79 Å². The van der Waals surface area contributed by atoms with Crippen molar-refractivity contribution in [2.24, 2.45) is 0 Å². The van der Waals surface area contributed by atoms with E-state index in [1.54, 1.807) is 19.3 Å². The molecule has 0 saturated heterocycles. The predicted molar refractivity (Wildman–Crippen MR) is 71.4 cm³/mol. The fraction of sp³-hybridized carbons (Fsp3) is 0.143. The summed E-state index contributed by atoms with van der Waals surface area (Å²) in [5.41, 5.74) is 2.66. The summed E-state index contributed by atoms with van der Waals surface area (Å²) < 4.78 is 0. The van der Waals surface area contributed by atoms with Gasteiger partial charge in [0.2, 0.25) is 0 Å². The maximum atomic E-state index is 11.5. The zero-order chi connectivity index (χ0) is 12.8. The smallest absolute Gasteiger partial charge is 0.251 e. The average molecular weight is 241 g/mol. The highest BCUT2D eigenvalue weighted by Crippen LogP contribution is 2.11. The largest absolute Gasteiger partial charge is 0.381 e. The molecule has 2 aromatic rings. The van der Waals surface area contributed by atoms with Crippen molar-refractivity contribution in [3.8, 4) is 0 Å². The van der Waals surface area contributed by atoms with Gasteiger partial charge in [-0.05, 0) is 29.8 Å². The van der Waals surface area contributed by atoms with Crippen LogP contribution < -0.4 is 10.6 Å². The molecule has 0 aliphatic rings. The lowest BCUT2D eigenvalue weighted by Gasteiger charge is -2.07. The van der Waals surface area contributed by atoms with Crippen LogP contribution in [0.5, 0.6) is 0 Å². The molecule has 1 heterocycles. The van der Waals surface area contributed by atoms with E-state index in [2.05, 4.69) is 15.6 Å². The van der Waals surface area contributed by atoms with Gasteiger partial charge in [0.25, 0.3) is 5.91 Å². The van der Waals surface area contributed by atoms with E-state index in [1.807, 2.05) is 36.5 Å². The van der Waals surface area contributed by atoms with Crippen LogP contribution in [-0.4, -0.2) is 17.9 Å². The van der Waals surface area contributed by atoms with Gasteiger partial charge in [0.05, 0.1) is 0 Å². The SMILES string of the molecule is CNC(=O)c1cccc(NCc2cccnc2)c1. The van der Waals surface area contributed by atoms with E-state index in [4.69, 9.17) is 0 Å². The van der Waals surface area contributed by atoms with E-state index in [0.717, 1.165) is 11.3 Å². The number of carbonyl (C=O) groups is 1. The molecule has 18 heavy (non-hydrogen) atoms.